The van der Waals surface area contributed by atoms with Gasteiger partial charge in [-0.25, -0.2) is 9.78 Å². The van der Waals surface area contributed by atoms with E-state index in [0.29, 0.717) is 28.1 Å². The summed E-state index contributed by atoms with van der Waals surface area (Å²) < 4.78 is 12.6. The Bertz CT molecular complexity index is 1610. The summed E-state index contributed by atoms with van der Waals surface area (Å²) in [6, 6.07) is 21.5. The highest BCUT2D eigenvalue weighted by atomic mass is 16.5. The van der Waals surface area contributed by atoms with Gasteiger partial charge in [-0.2, -0.15) is 0 Å². The second-order valence-corrected chi connectivity index (χ2v) is 9.21. The van der Waals surface area contributed by atoms with Gasteiger partial charge in [-0.05, 0) is 68.0 Å². The van der Waals surface area contributed by atoms with Crippen LogP contribution >= 0.6 is 0 Å². The van der Waals surface area contributed by atoms with E-state index in [4.69, 9.17) is 14.1 Å². The van der Waals surface area contributed by atoms with E-state index in [1.54, 1.807) is 6.07 Å². The van der Waals surface area contributed by atoms with Crippen LogP contribution in [0.15, 0.2) is 71.1 Å². The van der Waals surface area contributed by atoms with Crippen LogP contribution in [-0.2, 0) is 6.42 Å². The van der Waals surface area contributed by atoms with Gasteiger partial charge >= 0.3 is 5.97 Å². The van der Waals surface area contributed by atoms with Crippen LogP contribution in [0.1, 0.15) is 51.6 Å². The largest absolute Gasteiger partial charge is 0.485 e. The summed E-state index contributed by atoms with van der Waals surface area (Å²) in [5.41, 5.74) is 6.32. The molecule has 1 atom stereocenters. The third-order valence-corrected chi connectivity index (χ3v) is 7.01. The van der Waals surface area contributed by atoms with Crippen molar-refractivity contribution in [3.05, 3.63) is 94.5 Å². The number of carboxylic acids is 1. The highest BCUT2D eigenvalue weighted by molar-refractivity contribution is 6.07. The Balaban J connectivity index is 1.53. The average molecular weight is 464 g/mol. The van der Waals surface area contributed by atoms with E-state index >= 15 is 0 Å². The van der Waals surface area contributed by atoms with Crippen molar-refractivity contribution in [1.82, 2.24) is 4.98 Å². The number of aromatic nitrogens is 1. The molecule has 0 amide bonds. The number of para-hydroxylation sites is 1. The van der Waals surface area contributed by atoms with Crippen LogP contribution < -0.4 is 4.74 Å². The van der Waals surface area contributed by atoms with Crippen molar-refractivity contribution in [3.8, 4) is 17.2 Å². The molecule has 35 heavy (non-hydrogen) atoms. The standard InChI is InChI=1S/C30H25NO4/c1-17-14-15-26(34-25-13-7-9-19-8-3-4-11-21(19)25)27-22(30(32)33)16-23(31-28(17)27)29-18(2)20-10-5-6-12-24(20)35-29/h3-6,8,10-12,14-16,25H,7,9,13H2,1-2H3,(H,32,33)/t25-/m0/s1. The van der Waals surface area contributed by atoms with E-state index in [0.717, 1.165) is 41.4 Å². The monoisotopic (exact) mass is 463 g/mol. The number of fused-ring (bicyclic) bond motifs is 3. The fourth-order valence-corrected chi connectivity index (χ4v) is 5.23. The van der Waals surface area contributed by atoms with Crippen LogP contribution in [-0.4, -0.2) is 16.1 Å². The van der Waals surface area contributed by atoms with Gasteiger partial charge in [0.2, 0.25) is 0 Å². The minimum absolute atomic E-state index is 0.121. The van der Waals surface area contributed by atoms with E-state index < -0.39 is 5.97 Å². The number of rotatable bonds is 4. The van der Waals surface area contributed by atoms with Crippen LogP contribution in [0.5, 0.6) is 5.75 Å². The molecule has 0 saturated heterocycles. The van der Waals surface area contributed by atoms with E-state index in [1.807, 2.05) is 56.3 Å². The second kappa shape index (κ2) is 8.27. The van der Waals surface area contributed by atoms with Crippen LogP contribution in [0.3, 0.4) is 0 Å². The van der Waals surface area contributed by atoms with Crippen LogP contribution in [0, 0.1) is 13.8 Å². The van der Waals surface area contributed by atoms with Crippen LogP contribution in [0.25, 0.3) is 33.3 Å². The lowest BCUT2D eigenvalue weighted by atomic mass is 9.89. The molecule has 0 unspecified atom stereocenters. The fourth-order valence-electron chi connectivity index (χ4n) is 5.23. The number of carboxylic acid groups (broad SMARTS) is 1. The number of hydrogen-bond donors (Lipinski definition) is 1. The number of aromatic carboxylic acids is 1. The predicted octanol–water partition coefficient (Wildman–Crippen LogP) is 7.42. The predicted molar refractivity (Wildman–Crippen MR) is 136 cm³/mol. The van der Waals surface area contributed by atoms with Crippen molar-refractivity contribution >= 4 is 27.8 Å². The highest BCUT2D eigenvalue weighted by Crippen LogP contribution is 2.40. The summed E-state index contributed by atoms with van der Waals surface area (Å²) in [5.74, 6) is 0.111. The number of aryl methyl sites for hydroxylation is 3. The summed E-state index contributed by atoms with van der Waals surface area (Å²) in [6.07, 6.45) is 2.83. The van der Waals surface area contributed by atoms with E-state index in [1.165, 1.54) is 11.1 Å². The molecule has 0 radical (unpaired) electrons. The van der Waals surface area contributed by atoms with Crippen molar-refractivity contribution < 1.29 is 19.1 Å². The lowest BCUT2D eigenvalue weighted by Crippen LogP contribution is -2.15. The van der Waals surface area contributed by atoms with Crippen molar-refractivity contribution in [2.45, 2.75) is 39.2 Å². The SMILES string of the molecule is Cc1c(-c2cc(C(=O)O)c3c(O[C@H]4CCCc5ccccc54)ccc(C)c3n2)oc2ccccc12. The molecule has 5 aromatic rings. The van der Waals surface area contributed by atoms with Crippen LogP contribution in [0.2, 0.25) is 0 Å². The molecule has 0 bridgehead atoms. The molecule has 5 nitrogen and oxygen atoms in total. The van der Waals surface area contributed by atoms with Gasteiger partial charge in [0, 0.05) is 10.9 Å². The summed E-state index contributed by atoms with van der Waals surface area (Å²) in [4.78, 5) is 17.4. The highest BCUT2D eigenvalue weighted by Gasteiger charge is 2.25. The Morgan fingerprint density at radius 2 is 1.86 bits per heavy atom. The molecule has 5 heteroatoms. The number of carbonyl (C=O) groups is 1. The van der Waals surface area contributed by atoms with Crippen molar-refractivity contribution in [1.29, 1.82) is 0 Å². The Morgan fingerprint density at radius 3 is 2.69 bits per heavy atom. The number of pyridine rings is 1. The van der Waals surface area contributed by atoms with Crippen molar-refractivity contribution in [2.24, 2.45) is 0 Å². The molecule has 1 aliphatic carbocycles. The molecule has 0 saturated carbocycles. The summed E-state index contributed by atoms with van der Waals surface area (Å²) >= 11 is 0. The van der Waals surface area contributed by atoms with Gasteiger partial charge in [0.1, 0.15) is 23.1 Å². The minimum atomic E-state index is -1.02. The summed E-state index contributed by atoms with van der Waals surface area (Å²) in [5, 5.41) is 11.7. The maximum atomic E-state index is 12.5. The maximum Gasteiger partial charge on any atom is 0.336 e. The lowest BCUT2D eigenvalue weighted by Gasteiger charge is -2.27. The third-order valence-electron chi connectivity index (χ3n) is 7.01. The second-order valence-electron chi connectivity index (χ2n) is 9.21. The number of furan rings is 1. The first-order valence-electron chi connectivity index (χ1n) is 11.9. The van der Waals surface area contributed by atoms with E-state index in [9.17, 15) is 9.90 Å². The van der Waals surface area contributed by atoms with Gasteiger partial charge in [-0.1, -0.05) is 48.5 Å². The first-order valence-corrected chi connectivity index (χ1v) is 11.9. The molecule has 2 aromatic heterocycles. The zero-order valence-electron chi connectivity index (χ0n) is 19.7. The third kappa shape index (κ3) is 3.55. The summed E-state index contributed by atoms with van der Waals surface area (Å²) in [6.45, 7) is 3.91. The van der Waals surface area contributed by atoms with Gasteiger partial charge in [0.25, 0.3) is 0 Å². The van der Waals surface area contributed by atoms with Gasteiger partial charge in [0.15, 0.2) is 5.76 Å². The Hall–Kier alpha value is -4.12. The minimum Gasteiger partial charge on any atom is -0.485 e. The molecule has 1 N–H and O–H groups in total. The smallest absolute Gasteiger partial charge is 0.336 e. The maximum absolute atomic E-state index is 12.5. The first-order chi connectivity index (χ1) is 17.0. The molecule has 0 fully saturated rings. The fraction of sp³-hybridized carbons (Fsp3) is 0.200. The van der Waals surface area contributed by atoms with Gasteiger partial charge in [-0.15, -0.1) is 0 Å². The van der Waals surface area contributed by atoms with Crippen molar-refractivity contribution in [3.63, 3.8) is 0 Å². The molecule has 1 aliphatic rings. The van der Waals surface area contributed by atoms with E-state index in [-0.39, 0.29) is 11.7 Å². The van der Waals surface area contributed by atoms with Gasteiger partial charge in [-0.3, -0.25) is 0 Å². The summed E-state index contributed by atoms with van der Waals surface area (Å²) in [7, 11) is 0. The normalized spacial score (nSPS) is 15.3. The molecular weight excluding hydrogens is 438 g/mol. The quantitative estimate of drug-likeness (QED) is 0.300. The van der Waals surface area contributed by atoms with E-state index in [2.05, 4.69) is 18.2 Å². The van der Waals surface area contributed by atoms with Gasteiger partial charge in [0.05, 0.1) is 16.5 Å². The average Bonchev–Trinajstić information content (AvgIpc) is 3.22. The molecular formula is C30H25NO4. The Labute approximate surface area is 203 Å². The number of nitrogens with zero attached hydrogens (tertiary/aromatic N) is 1. The molecule has 3 aromatic carbocycles. The molecule has 0 aliphatic heterocycles. The lowest BCUT2D eigenvalue weighted by molar-refractivity contribution is 0.0698. The number of hydrogen-bond acceptors (Lipinski definition) is 4. The number of ether oxygens (including phenoxy) is 1. The van der Waals surface area contributed by atoms with Gasteiger partial charge < -0.3 is 14.3 Å². The Morgan fingerprint density at radius 1 is 1.06 bits per heavy atom. The van der Waals surface area contributed by atoms with Crippen LogP contribution in [0.4, 0.5) is 0 Å². The topological polar surface area (TPSA) is 72.6 Å². The zero-order chi connectivity index (χ0) is 24.1. The molecule has 174 valence electrons. The first kappa shape index (κ1) is 21.4. The Kier molecular flexibility index (Phi) is 5.06. The molecule has 6 rings (SSSR count). The molecule has 2 heterocycles. The zero-order valence-corrected chi connectivity index (χ0v) is 19.7. The number of benzene rings is 3. The van der Waals surface area contributed by atoms with Crippen molar-refractivity contribution in [2.75, 3.05) is 0 Å². The molecule has 0 spiro atoms.